The summed E-state index contributed by atoms with van der Waals surface area (Å²) in [6, 6.07) is 4.81. The van der Waals surface area contributed by atoms with Gasteiger partial charge in [-0.15, -0.1) is 0 Å². The van der Waals surface area contributed by atoms with Crippen molar-refractivity contribution in [2.75, 3.05) is 5.32 Å². The van der Waals surface area contributed by atoms with E-state index in [1.807, 2.05) is 0 Å². The van der Waals surface area contributed by atoms with Gasteiger partial charge in [-0.2, -0.15) is 0 Å². The molecule has 0 aromatic heterocycles. The number of anilines is 1. The molecule has 0 aliphatic heterocycles. The van der Waals surface area contributed by atoms with E-state index in [-0.39, 0.29) is 28.3 Å². The second-order valence-electron chi connectivity index (χ2n) is 5.56. The Hall–Kier alpha value is -2.02. The van der Waals surface area contributed by atoms with E-state index < -0.39 is 4.92 Å². The summed E-state index contributed by atoms with van der Waals surface area (Å²) < 4.78 is 0. The van der Waals surface area contributed by atoms with Gasteiger partial charge in [0.05, 0.1) is 4.92 Å². The Kier molecular flexibility index (Phi) is 5.43. The van der Waals surface area contributed by atoms with Gasteiger partial charge in [0, 0.05) is 12.0 Å². The zero-order valence-corrected chi connectivity index (χ0v) is 13.2. The number of nitro benzene ring substituents is 1. The van der Waals surface area contributed by atoms with Crippen LogP contribution in [-0.4, -0.2) is 15.9 Å². The lowest BCUT2D eigenvalue weighted by Gasteiger charge is -2.21. The van der Waals surface area contributed by atoms with Crippen LogP contribution in [0.25, 0.3) is 0 Å². The monoisotopic (exact) mass is 321 g/mol. The molecule has 0 spiro atoms. The van der Waals surface area contributed by atoms with Crippen LogP contribution in [0.1, 0.15) is 37.7 Å². The maximum absolute atomic E-state index is 12.1. The Morgan fingerprint density at radius 2 is 2.00 bits per heavy atom. The van der Waals surface area contributed by atoms with Crippen LogP contribution in [0, 0.1) is 23.0 Å². The highest BCUT2D eigenvalue weighted by Crippen LogP contribution is 2.26. The Balaban J connectivity index is 2.00. The maximum Gasteiger partial charge on any atom is 0.292 e. The number of nitro groups is 1. The molecule has 0 atom stereocenters. The van der Waals surface area contributed by atoms with Crippen LogP contribution in [0.5, 0.6) is 0 Å². The van der Waals surface area contributed by atoms with Gasteiger partial charge < -0.3 is 10.6 Å². The van der Waals surface area contributed by atoms with Crippen molar-refractivity contribution < 1.29 is 9.72 Å². The topological polar surface area (TPSA) is 84.3 Å². The summed E-state index contributed by atoms with van der Waals surface area (Å²) in [7, 11) is 0. The highest BCUT2D eigenvalue weighted by atomic mass is 32.1. The molecule has 7 heteroatoms. The molecule has 1 aliphatic carbocycles. The summed E-state index contributed by atoms with van der Waals surface area (Å²) in [5.74, 6) is -0.117. The number of carbonyl (C=O) groups is 1. The number of amides is 1. The van der Waals surface area contributed by atoms with Crippen LogP contribution in [0.15, 0.2) is 18.2 Å². The summed E-state index contributed by atoms with van der Waals surface area (Å²) in [5, 5.41) is 16.5. The van der Waals surface area contributed by atoms with Gasteiger partial charge in [-0.3, -0.25) is 14.9 Å². The SMILES string of the molecule is Cc1ccc(NC(=S)NC(=O)C2CCCCC2)c([N+](=O)[O-])c1. The average molecular weight is 321 g/mol. The largest absolute Gasteiger partial charge is 0.327 e. The smallest absolute Gasteiger partial charge is 0.292 e. The second-order valence-corrected chi connectivity index (χ2v) is 5.96. The van der Waals surface area contributed by atoms with E-state index in [0.717, 1.165) is 31.2 Å². The zero-order valence-electron chi connectivity index (χ0n) is 12.4. The fourth-order valence-corrected chi connectivity index (χ4v) is 2.84. The maximum atomic E-state index is 12.1. The quantitative estimate of drug-likeness (QED) is 0.507. The molecule has 0 heterocycles. The minimum Gasteiger partial charge on any atom is -0.327 e. The molecule has 1 aromatic carbocycles. The summed E-state index contributed by atoms with van der Waals surface area (Å²) in [5.41, 5.74) is 1.01. The summed E-state index contributed by atoms with van der Waals surface area (Å²) >= 11 is 5.09. The van der Waals surface area contributed by atoms with Gasteiger partial charge in [-0.05, 0) is 43.6 Å². The normalized spacial score (nSPS) is 15.1. The molecule has 1 fully saturated rings. The molecular weight excluding hydrogens is 302 g/mol. The lowest BCUT2D eigenvalue weighted by Crippen LogP contribution is -2.39. The zero-order chi connectivity index (χ0) is 16.1. The van der Waals surface area contributed by atoms with Gasteiger partial charge >= 0.3 is 0 Å². The molecule has 1 saturated carbocycles. The highest BCUT2D eigenvalue weighted by molar-refractivity contribution is 7.80. The lowest BCUT2D eigenvalue weighted by molar-refractivity contribution is -0.383. The van der Waals surface area contributed by atoms with Crippen molar-refractivity contribution in [2.45, 2.75) is 39.0 Å². The van der Waals surface area contributed by atoms with E-state index in [1.54, 1.807) is 19.1 Å². The third kappa shape index (κ3) is 4.24. The number of carbonyl (C=O) groups excluding carboxylic acids is 1. The molecular formula is C15H19N3O3S. The van der Waals surface area contributed by atoms with Crippen LogP contribution in [-0.2, 0) is 4.79 Å². The van der Waals surface area contributed by atoms with E-state index in [1.165, 1.54) is 12.5 Å². The Bertz CT molecular complexity index is 598. The lowest BCUT2D eigenvalue weighted by atomic mass is 9.89. The van der Waals surface area contributed by atoms with Gasteiger partial charge in [0.25, 0.3) is 5.69 Å². The fraction of sp³-hybridized carbons (Fsp3) is 0.467. The number of hydrogen-bond acceptors (Lipinski definition) is 4. The first-order chi connectivity index (χ1) is 10.5. The number of benzene rings is 1. The van der Waals surface area contributed by atoms with Gasteiger partial charge in [0.1, 0.15) is 5.69 Å². The number of rotatable bonds is 3. The molecule has 2 rings (SSSR count). The van der Waals surface area contributed by atoms with Crippen molar-refractivity contribution in [3.8, 4) is 0 Å². The number of thiocarbonyl (C=S) groups is 1. The van der Waals surface area contributed by atoms with E-state index >= 15 is 0 Å². The number of nitrogens with one attached hydrogen (secondary N) is 2. The molecule has 1 aliphatic rings. The summed E-state index contributed by atoms with van der Waals surface area (Å²) in [4.78, 5) is 22.7. The van der Waals surface area contributed by atoms with Gasteiger partial charge in [0.15, 0.2) is 5.11 Å². The highest BCUT2D eigenvalue weighted by Gasteiger charge is 2.22. The predicted molar refractivity (Wildman–Crippen MR) is 88.8 cm³/mol. The molecule has 2 N–H and O–H groups in total. The Labute approximate surface area is 134 Å². The number of nitrogens with zero attached hydrogens (tertiary/aromatic N) is 1. The number of aryl methyl sites for hydroxylation is 1. The minimum atomic E-state index is -0.471. The van der Waals surface area contributed by atoms with Gasteiger partial charge in [-0.1, -0.05) is 25.3 Å². The van der Waals surface area contributed by atoms with Crippen molar-refractivity contribution >= 4 is 34.6 Å². The van der Waals surface area contributed by atoms with E-state index in [4.69, 9.17) is 12.2 Å². The van der Waals surface area contributed by atoms with Gasteiger partial charge in [-0.25, -0.2) is 0 Å². The first-order valence-corrected chi connectivity index (χ1v) is 7.75. The van der Waals surface area contributed by atoms with Crippen LogP contribution in [0.4, 0.5) is 11.4 Å². The molecule has 6 nitrogen and oxygen atoms in total. The van der Waals surface area contributed by atoms with E-state index in [9.17, 15) is 14.9 Å². The Morgan fingerprint density at radius 1 is 1.32 bits per heavy atom. The average Bonchev–Trinajstić information content (AvgIpc) is 2.49. The first-order valence-electron chi connectivity index (χ1n) is 7.34. The Morgan fingerprint density at radius 3 is 2.64 bits per heavy atom. The van der Waals surface area contributed by atoms with E-state index in [2.05, 4.69) is 10.6 Å². The first kappa shape index (κ1) is 16.4. The van der Waals surface area contributed by atoms with Crippen LogP contribution in [0.3, 0.4) is 0 Å². The molecule has 1 aromatic rings. The van der Waals surface area contributed by atoms with Crippen LogP contribution >= 0.6 is 12.2 Å². The molecule has 0 bridgehead atoms. The van der Waals surface area contributed by atoms with Crippen LogP contribution in [0.2, 0.25) is 0 Å². The van der Waals surface area contributed by atoms with Crippen molar-refractivity contribution in [1.29, 1.82) is 0 Å². The third-order valence-electron chi connectivity index (χ3n) is 3.81. The fourth-order valence-electron chi connectivity index (χ4n) is 2.63. The predicted octanol–water partition coefficient (Wildman–Crippen LogP) is 3.30. The van der Waals surface area contributed by atoms with Crippen molar-refractivity contribution in [2.24, 2.45) is 5.92 Å². The second kappa shape index (κ2) is 7.31. The van der Waals surface area contributed by atoms with Gasteiger partial charge in [0.2, 0.25) is 5.91 Å². The summed E-state index contributed by atoms with van der Waals surface area (Å²) in [6.07, 6.45) is 5.03. The summed E-state index contributed by atoms with van der Waals surface area (Å²) in [6.45, 7) is 1.78. The number of hydrogen-bond donors (Lipinski definition) is 2. The molecule has 0 unspecified atom stereocenters. The van der Waals surface area contributed by atoms with Crippen LogP contribution < -0.4 is 10.6 Å². The molecule has 0 radical (unpaired) electrons. The molecule has 1 amide bonds. The van der Waals surface area contributed by atoms with Crippen molar-refractivity contribution in [3.63, 3.8) is 0 Å². The standard InChI is InChI=1S/C15H19N3O3S/c1-10-7-8-12(13(9-10)18(20)21)16-15(22)17-14(19)11-5-3-2-4-6-11/h7-9,11H,2-6H2,1H3,(H2,16,17,19,22). The molecule has 22 heavy (non-hydrogen) atoms. The van der Waals surface area contributed by atoms with Crippen molar-refractivity contribution in [1.82, 2.24) is 5.32 Å². The molecule has 118 valence electrons. The van der Waals surface area contributed by atoms with E-state index in [0.29, 0.717) is 0 Å². The minimum absolute atomic E-state index is 0.0125. The molecule has 0 saturated heterocycles. The van der Waals surface area contributed by atoms with Crippen molar-refractivity contribution in [3.05, 3.63) is 33.9 Å². The third-order valence-corrected chi connectivity index (χ3v) is 4.01.